The summed E-state index contributed by atoms with van der Waals surface area (Å²) in [6.07, 6.45) is 9.69. The quantitative estimate of drug-likeness (QED) is 0.648. The summed E-state index contributed by atoms with van der Waals surface area (Å²) in [5.74, 6) is 3.62. The van der Waals surface area contributed by atoms with Gasteiger partial charge in [0.2, 0.25) is 5.91 Å². The Kier molecular flexibility index (Phi) is 4.68. The molecule has 1 aliphatic rings. The van der Waals surface area contributed by atoms with E-state index in [1.54, 1.807) is 0 Å². The zero-order valence-corrected chi connectivity index (χ0v) is 9.83. The Morgan fingerprint density at radius 2 is 2.27 bits per heavy atom. The van der Waals surface area contributed by atoms with E-state index >= 15 is 0 Å². The second-order valence-electron chi connectivity index (χ2n) is 4.48. The predicted octanol–water partition coefficient (Wildman–Crippen LogP) is 2.29. The van der Waals surface area contributed by atoms with Gasteiger partial charge in [-0.2, -0.15) is 0 Å². The van der Waals surface area contributed by atoms with Crippen LogP contribution in [0.15, 0.2) is 0 Å². The lowest BCUT2D eigenvalue weighted by molar-refractivity contribution is -0.135. The fraction of sp³-hybridized carbons (Fsp3) is 0.769. The number of carbonyl (C=O) groups excluding carboxylic acids is 1. The molecular weight excluding hydrogens is 186 g/mol. The van der Waals surface area contributed by atoms with Crippen molar-refractivity contribution in [3.63, 3.8) is 0 Å². The summed E-state index contributed by atoms with van der Waals surface area (Å²) in [6, 6.07) is 0. The van der Waals surface area contributed by atoms with Crippen molar-refractivity contribution < 1.29 is 4.79 Å². The Hall–Kier alpha value is -0.970. The zero-order valence-electron chi connectivity index (χ0n) is 9.83. The first kappa shape index (κ1) is 12.1. The van der Waals surface area contributed by atoms with Gasteiger partial charge < -0.3 is 4.90 Å². The van der Waals surface area contributed by atoms with E-state index in [-0.39, 0.29) is 11.8 Å². The van der Waals surface area contributed by atoms with Crippen LogP contribution in [0.3, 0.4) is 0 Å². The Balaban J connectivity index is 2.58. The number of rotatable bonds is 4. The summed E-state index contributed by atoms with van der Waals surface area (Å²) in [4.78, 5) is 14.0. The highest BCUT2D eigenvalue weighted by Crippen LogP contribution is 2.32. The van der Waals surface area contributed by atoms with Gasteiger partial charge in [0.15, 0.2) is 0 Å². The maximum atomic E-state index is 12.2. The highest BCUT2D eigenvalue weighted by atomic mass is 16.2. The Morgan fingerprint density at radius 1 is 1.53 bits per heavy atom. The van der Waals surface area contributed by atoms with Crippen LogP contribution in [0.25, 0.3) is 0 Å². The van der Waals surface area contributed by atoms with Crippen LogP contribution in [0.5, 0.6) is 0 Å². The molecule has 2 nitrogen and oxygen atoms in total. The van der Waals surface area contributed by atoms with Crippen molar-refractivity contribution in [3.8, 4) is 12.3 Å². The van der Waals surface area contributed by atoms with Gasteiger partial charge in [-0.05, 0) is 25.2 Å². The minimum absolute atomic E-state index is 0.227. The first-order chi connectivity index (χ1) is 7.20. The zero-order chi connectivity index (χ0) is 11.3. The number of hydrogen-bond donors (Lipinski definition) is 0. The summed E-state index contributed by atoms with van der Waals surface area (Å²) in [5.41, 5.74) is 0. The molecular formula is C13H21NO. The smallest absolute Gasteiger partial charge is 0.226 e. The lowest BCUT2D eigenvalue weighted by Gasteiger charge is -2.25. The molecule has 0 N–H and O–H groups in total. The van der Waals surface area contributed by atoms with Crippen LogP contribution >= 0.6 is 0 Å². The molecule has 0 bridgehead atoms. The Bertz CT molecular complexity index is 254. The van der Waals surface area contributed by atoms with Gasteiger partial charge in [0, 0.05) is 12.5 Å². The van der Waals surface area contributed by atoms with Crippen LogP contribution in [-0.4, -0.2) is 23.9 Å². The van der Waals surface area contributed by atoms with Crippen molar-refractivity contribution in [2.75, 3.05) is 13.1 Å². The third kappa shape index (κ3) is 2.99. The molecule has 0 spiro atoms. The minimum Gasteiger partial charge on any atom is -0.331 e. The van der Waals surface area contributed by atoms with E-state index in [9.17, 15) is 4.79 Å². The summed E-state index contributed by atoms with van der Waals surface area (Å²) in [5, 5.41) is 0. The van der Waals surface area contributed by atoms with Crippen LogP contribution in [0.2, 0.25) is 0 Å². The summed E-state index contributed by atoms with van der Waals surface area (Å²) in [7, 11) is 0. The molecule has 0 aliphatic heterocycles. The average Bonchev–Trinajstić information content (AvgIpc) is 2.63. The first-order valence-corrected chi connectivity index (χ1v) is 5.93. The van der Waals surface area contributed by atoms with Crippen LogP contribution in [0.4, 0.5) is 0 Å². The molecule has 0 heterocycles. The van der Waals surface area contributed by atoms with Crippen molar-refractivity contribution in [1.82, 2.24) is 4.90 Å². The van der Waals surface area contributed by atoms with Crippen molar-refractivity contribution in [3.05, 3.63) is 0 Å². The van der Waals surface area contributed by atoms with Gasteiger partial charge in [-0.3, -0.25) is 4.79 Å². The number of carbonyl (C=O) groups is 1. The molecule has 1 rings (SSSR count). The van der Waals surface area contributed by atoms with Gasteiger partial charge in [0.1, 0.15) is 0 Å². The lowest BCUT2D eigenvalue weighted by Crippen LogP contribution is -2.37. The molecule has 0 radical (unpaired) electrons. The number of hydrogen-bond acceptors (Lipinski definition) is 1. The molecule has 1 saturated carbocycles. The topological polar surface area (TPSA) is 20.3 Å². The predicted molar refractivity (Wildman–Crippen MR) is 62.2 cm³/mol. The third-order valence-electron chi connectivity index (χ3n) is 3.27. The van der Waals surface area contributed by atoms with Gasteiger partial charge in [-0.25, -0.2) is 0 Å². The van der Waals surface area contributed by atoms with Crippen LogP contribution in [0, 0.1) is 24.2 Å². The SMILES string of the molecule is C#CCN(CCC)C(=O)C1CCCC1C. The standard InChI is InChI=1S/C13H21NO/c1-4-9-14(10-5-2)13(15)12-8-6-7-11(12)3/h1,11-12H,5-10H2,2-3H3. The number of nitrogens with zero attached hydrogens (tertiary/aromatic N) is 1. The summed E-state index contributed by atoms with van der Waals surface area (Å²) in [6.45, 7) is 5.52. The fourth-order valence-corrected chi connectivity index (χ4v) is 2.39. The van der Waals surface area contributed by atoms with E-state index in [0.717, 1.165) is 19.4 Å². The van der Waals surface area contributed by atoms with Crippen molar-refractivity contribution in [2.45, 2.75) is 39.5 Å². The van der Waals surface area contributed by atoms with Crippen molar-refractivity contribution >= 4 is 5.91 Å². The summed E-state index contributed by atoms with van der Waals surface area (Å²) >= 11 is 0. The third-order valence-corrected chi connectivity index (χ3v) is 3.27. The largest absolute Gasteiger partial charge is 0.331 e. The molecule has 0 aromatic heterocycles. The minimum atomic E-state index is 0.227. The van der Waals surface area contributed by atoms with E-state index < -0.39 is 0 Å². The molecule has 2 unspecified atom stereocenters. The molecule has 0 aromatic carbocycles. The molecule has 0 aromatic rings. The second-order valence-corrected chi connectivity index (χ2v) is 4.48. The Labute approximate surface area is 93.0 Å². The van der Waals surface area contributed by atoms with Crippen LogP contribution < -0.4 is 0 Å². The van der Waals surface area contributed by atoms with Gasteiger partial charge in [0.25, 0.3) is 0 Å². The number of amides is 1. The normalized spacial score (nSPS) is 24.9. The maximum Gasteiger partial charge on any atom is 0.226 e. The molecule has 84 valence electrons. The molecule has 2 heteroatoms. The fourth-order valence-electron chi connectivity index (χ4n) is 2.39. The van der Waals surface area contributed by atoms with E-state index in [0.29, 0.717) is 12.5 Å². The van der Waals surface area contributed by atoms with Gasteiger partial charge in [-0.15, -0.1) is 6.42 Å². The molecule has 2 atom stereocenters. The highest BCUT2D eigenvalue weighted by Gasteiger charge is 2.32. The van der Waals surface area contributed by atoms with E-state index in [1.165, 1.54) is 12.8 Å². The maximum absolute atomic E-state index is 12.2. The van der Waals surface area contributed by atoms with Gasteiger partial charge >= 0.3 is 0 Å². The molecule has 15 heavy (non-hydrogen) atoms. The van der Waals surface area contributed by atoms with Crippen LogP contribution in [0.1, 0.15) is 39.5 Å². The van der Waals surface area contributed by atoms with Crippen molar-refractivity contribution in [1.29, 1.82) is 0 Å². The van der Waals surface area contributed by atoms with E-state index in [2.05, 4.69) is 19.8 Å². The van der Waals surface area contributed by atoms with Gasteiger partial charge in [0.05, 0.1) is 6.54 Å². The second kappa shape index (κ2) is 5.80. The molecule has 1 amide bonds. The van der Waals surface area contributed by atoms with E-state index in [1.807, 2.05) is 4.90 Å². The van der Waals surface area contributed by atoms with Crippen molar-refractivity contribution in [2.24, 2.45) is 11.8 Å². The first-order valence-electron chi connectivity index (χ1n) is 5.93. The lowest BCUT2D eigenvalue weighted by atomic mass is 9.96. The van der Waals surface area contributed by atoms with Crippen LogP contribution in [-0.2, 0) is 4.79 Å². The highest BCUT2D eigenvalue weighted by molar-refractivity contribution is 5.79. The number of terminal acetylenes is 1. The van der Waals surface area contributed by atoms with E-state index in [4.69, 9.17) is 6.42 Å². The molecule has 0 saturated heterocycles. The van der Waals surface area contributed by atoms with Gasteiger partial charge in [-0.1, -0.05) is 26.2 Å². The summed E-state index contributed by atoms with van der Waals surface area (Å²) < 4.78 is 0. The molecule has 1 aliphatic carbocycles. The Morgan fingerprint density at radius 3 is 2.73 bits per heavy atom. The average molecular weight is 207 g/mol. The monoisotopic (exact) mass is 207 g/mol. The molecule has 1 fully saturated rings.